The summed E-state index contributed by atoms with van der Waals surface area (Å²) in [5.74, 6) is 1.58. The molecule has 2 unspecified atom stereocenters. The van der Waals surface area contributed by atoms with Crippen molar-refractivity contribution in [2.24, 2.45) is 11.7 Å². The summed E-state index contributed by atoms with van der Waals surface area (Å²) in [5.41, 5.74) is 6.12. The minimum Gasteiger partial charge on any atom is -0.494 e. The molecule has 0 spiro atoms. The molecule has 1 aromatic rings. The minimum absolute atomic E-state index is 0.384. The third-order valence-electron chi connectivity index (χ3n) is 3.52. The standard InChI is InChI=1S/C14H20BrNO/c15-12-5-3-6-13(10-12)17-9-8-11-4-1-2-7-14(11)16/h3,5-6,10-11,14H,1-2,4,7-9,16H2. The fraction of sp³-hybridized carbons (Fsp3) is 0.571. The molecule has 0 heterocycles. The number of nitrogens with two attached hydrogens (primary N) is 1. The van der Waals surface area contributed by atoms with Gasteiger partial charge in [0.05, 0.1) is 6.61 Å². The highest BCUT2D eigenvalue weighted by Crippen LogP contribution is 2.26. The zero-order valence-corrected chi connectivity index (χ0v) is 11.7. The summed E-state index contributed by atoms with van der Waals surface area (Å²) in [5, 5.41) is 0. The monoisotopic (exact) mass is 297 g/mol. The van der Waals surface area contributed by atoms with Gasteiger partial charge in [-0.25, -0.2) is 0 Å². The van der Waals surface area contributed by atoms with Crippen LogP contribution in [0, 0.1) is 5.92 Å². The van der Waals surface area contributed by atoms with Gasteiger partial charge in [-0.1, -0.05) is 34.8 Å². The molecule has 3 heteroatoms. The fourth-order valence-electron chi connectivity index (χ4n) is 2.48. The Morgan fingerprint density at radius 2 is 2.12 bits per heavy atom. The van der Waals surface area contributed by atoms with E-state index in [0.29, 0.717) is 12.0 Å². The lowest BCUT2D eigenvalue weighted by molar-refractivity contribution is 0.226. The van der Waals surface area contributed by atoms with Gasteiger partial charge in [-0.2, -0.15) is 0 Å². The maximum atomic E-state index is 6.12. The van der Waals surface area contributed by atoms with Crippen LogP contribution >= 0.6 is 15.9 Å². The Morgan fingerprint density at radius 1 is 1.29 bits per heavy atom. The molecule has 2 atom stereocenters. The number of halogens is 1. The van der Waals surface area contributed by atoms with Gasteiger partial charge < -0.3 is 10.5 Å². The SMILES string of the molecule is NC1CCCCC1CCOc1cccc(Br)c1. The molecule has 17 heavy (non-hydrogen) atoms. The van der Waals surface area contributed by atoms with Crippen molar-refractivity contribution < 1.29 is 4.74 Å². The molecule has 0 bridgehead atoms. The van der Waals surface area contributed by atoms with Gasteiger partial charge in [0.1, 0.15) is 5.75 Å². The van der Waals surface area contributed by atoms with E-state index in [0.717, 1.165) is 23.2 Å². The van der Waals surface area contributed by atoms with Crippen molar-refractivity contribution in [3.63, 3.8) is 0 Å². The topological polar surface area (TPSA) is 35.2 Å². The number of ether oxygens (including phenoxy) is 1. The van der Waals surface area contributed by atoms with Gasteiger partial charge in [0.2, 0.25) is 0 Å². The zero-order valence-electron chi connectivity index (χ0n) is 10.1. The van der Waals surface area contributed by atoms with E-state index < -0.39 is 0 Å². The van der Waals surface area contributed by atoms with Crippen LogP contribution in [0.3, 0.4) is 0 Å². The first-order valence-electron chi connectivity index (χ1n) is 6.39. The Labute approximate surface area is 112 Å². The molecule has 0 aliphatic heterocycles. The van der Waals surface area contributed by atoms with Gasteiger partial charge in [0, 0.05) is 10.5 Å². The maximum Gasteiger partial charge on any atom is 0.120 e. The van der Waals surface area contributed by atoms with Crippen molar-refractivity contribution in [2.45, 2.75) is 38.1 Å². The fourth-order valence-corrected chi connectivity index (χ4v) is 2.86. The summed E-state index contributed by atoms with van der Waals surface area (Å²) in [6.07, 6.45) is 6.15. The van der Waals surface area contributed by atoms with Crippen molar-refractivity contribution >= 4 is 15.9 Å². The molecule has 0 aromatic heterocycles. The summed E-state index contributed by atoms with van der Waals surface area (Å²) < 4.78 is 6.81. The second kappa shape index (κ2) is 6.41. The quantitative estimate of drug-likeness (QED) is 0.919. The Kier molecular flexibility index (Phi) is 4.86. The van der Waals surface area contributed by atoms with E-state index in [1.54, 1.807) is 0 Å². The lowest BCUT2D eigenvalue weighted by Crippen LogP contribution is -2.33. The predicted molar refractivity (Wildman–Crippen MR) is 74.2 cm³/mol. The lowest BCUT2D eigenvalue weighted by Gasteiger charge is -2.28. The van der Waals surface area contributed by atoms with Gasteiger partial charge in [-0.15, -0.1) is 0 Å². The van der Waals surface area contributed by atoms with Crippen LogP contribution in [0.4, 0.5) is 0 Å². The first-order valence-corrected chi connectivity index (χ1v) is 7.19. The van der Waals surface area contributed by atoms with Gasteiger partial charge >= 0.3 is 0 Å². The van der Waals surface area contributed by atoms with E-state index >= 15 is 0 Å². The molecule has 0 amide bonds. The number of rotatable bonds is 4. The summed E-state index contributed by atoms with van der Waals surface area (Å²) in [4.78, 5) is 0. The Morgan fingerprint density at radius 3 is 2.88 bits per heavy atom. The van der Waals surface area contributed by atoms with Gasteiger partial charge in [-0.3, -0.25) is 0 Å². The van der Waals surface area contributed by atoms with Crippen molar-refractivity contribution in [2.75, 3.05) is 6.61 Å². The summed E-state index contributed by atoms with van der Waals surface area (Å²) >= 11 is 3.44. The second-order valence-corrected chi connectivity index (χ2v) is 5.72. The normalized spacial score (nSPS) is 24.6. The van der Waals surface area contributed by atoms with Crippen molar-refractivity contribution in [3.05, 3.63) is 28.7 Å². The predicted octanol–water partition coefficient (Wildman–Crippen LogP) is 3.74. The molecule has 0 radical (unpaired) electrons. The Balaban J connectivity index is 1.75. The Bertz CT molecular complexity index is 356. The molecular formula is C14H20BrNO. The molecule has 2 rings (SSSR count). The van der Waals surface area contributed by atoms with Crippen molar-refractivity contribution in [3.8, 4) is 5.75 Å². The van der Waals surface area contributed by atoms with E-state index in [-0.39, 0.29) is 0 Å². The maximum absolute atomic E-state index is 6.12. The average molecular weight is 298 g/mol. The smallest absolute Gasteiger partial charge is 0.120 e. The van der Waals surface area contributed by atoms with Crippen LogP contribution in [0.15, 0.2) is 28.7 Å². The van der Waals surface area contributed by atoms with E-state index in [1.807, 2.05) is 24.3 Å². The zero-order chi connectivity index (χ0) is 12.1. The van der Waals surface area contributed by atoms with E-state index in [9.17, 15) is 0 Å². The van der Waals surface area contributed by atoms with Crippen LogP contribution in [0.1, 0.15) is 32.1 Å². The van der Waals surface area contributed by atoms with Crippen LogP contribution in [0.5, 0.6) is 5.75 Å². The third kappa shape index (κ3) is 4.00. The summed E-state index contributed by atoms with van der Waals surface area (Å²) in [7, 11) is 0. The molecule has 1 saturated carbocycles. The minimum atomic E-state index is 0.384. The van der Waals surface area contributed by atoms with E-state index in [1.165, 1.54) is 25.7 Å². The highest BCUT2D eigenvalue weighted by atomic mass is 79.9. The Hall–Kier alpha value is -0.540. The highest BCUT2D eigenvalue weighted by molar-refractivity contribution is 9.10. The highest BCUT2D eigenvalue weighted by Gasteiger charge is 2.21. The van der Waals surface area contributed by atoms with Crippen LogP contribution in [0.25, 0.3) is 0 Å². The van der Waals surface area contributed by atoms with Crippen molar-refractivity contribution in [1.82, 2.24) is 0 Å². The van der Waals surface area contributed by atoms with Gasteiger partial charge in [0.15, 0.2) is 0 Å². The average Bonchev–Trinajstić information content (AvgIpc) is 2.32. The van der Waals surface area contributed by atoms with E-state index in [4.69, 9.17) is 10.5 Å². The van der Waals surface area contributed by atoms with Crippen LogP contribution in [-0.4, -0.2) is 12.6 Å². The molecule has 94 valence electrons. The lowest BCUT2D eigenvalue weighted by atomic mass is 9.83. The number of hydrogen-bond acceptors (Lipinski definition) is 2. The largest absolute Gasteiger partial charge is 0.494 e. The molecule has 2 N–H and O–H groups in total. The molecule has 0 saturated heterocycles. The van der Waals surface area contributed by atoms with Crippen LogP contribution in [0.2, 0.25) is 0 Å². The number of benzene rings is 1. The molecule has 2 nitrogen and oxygen atoms in total. The molecular weight excluding hydrogens is 278 g/mol. The summed E-state index contributed by atoms with van der Waals surface area (Å²) in [6.45, 7) is 0.773. The van der Waals surface area contributed by atoms with Gasteiger partial charge in [-0.05, 0) is 43.4 Å². The van der Waals surface area contributed by atoms with Crippen LogP contribution < -0.4 is 10.5 Å². The molecule has 1 aliphatic rings. The second-order valence-electron chi connectivity index (χ2n) is 4.80. The van der Waals surface area contributed by atoms with Gasteiger partial charge in [0.25, 0.3) is 0 Å². The first kappa shape index (κ1) is 12.9. The molecule has 1 aromatic carbocycles. The molecule has 1 aliphatic carbocycles. The summed E-state index contributed by atoms with van der Waals surface area (Å²) in [6, 6.07) is 8.37. The third-order valence-corrected chi connectivity index (χ3v) is 4.01. The number of hydrogen-bond donors (Lipinski definition) is 1. The van der Waals surface area contributed by atoms with Crippen molar-refractivity contribution in [1.29, 1.82) is 0 Å². The van der Waals surface area contributed by atoms with Crippen LogP contribution in [-0.2, 0) is 0 Å². The first-order chi connectivity index (χ1) is 8.25. The molecule has 1 fully saturated rings. The van der Waals surface area contributed by atoms with E-state index in [2.05, 4.69) is 15.9 Å².